The van der Waals surface area contributed by atoms with Crippen molar-refractivity contribution < 1.29 is 14.4 Å². The van der Waals surface area contributed by atoms with Gasteiger partial charge in [0.1, 0.15) is 0 Å². The number of carboxylic acid groups (broad SMARTS) is 1. The molecule has 3 rings (SSSR count). The zero-order valence-corrected chi connectivity index (χ0v) is 11.3. The quantitative estimate of drug-likeness (QED) is 0.805. The maximum absolute atomic E-state index is 10.7. The minimum absolute atomic E-state index is 0.0782. The molecule has 0 amide bonds. The first-order chi connectivity index (χ1) is 9.15. The van der Waals surface area contributed by atoms with E-state index in [4.69, 9.17) is 9.63 Å². The van der Waals surface area contributed by atoms with Crippen LogP contribution in [0.15, 0.2) is 45.5 Å². The largest absolute Gasteiger partial charge is 0.476 e. The predicted molar refractivity (Wildman–Crippen MR) is 72.2 cm³/mol. The van der Waals surface area contributed by atoms with Gasteiger partial charge in [0.25, 0.3) is 0 Å². The van der Waals surface area contributed by atoms with E-state index in [-0.39, 0.29) is 5.69 Å². The second-order valence-electron chi connectivity index (χ2n) is 4.11. The molecule has 5 nitrogen and oxygen atoms in total. The van der Waals surface area contributed by atoms with E-state index < -0.39 is 5.97 Å². The van der Waals surface area contributed by atoms with Crippen LogP contribution in [0.2, 0.25) is 0 Å². The number of halogens is 1. The van der Waals surface area contributed by atoms with E-state index in [1.165, 1.54) is 6.07 Å². The van der Waals surface area contributed by atoms with E-state index in [1.807, 2.05) is 35.0 Å². The number of aromatic nitrogens is 2. The van der Waals surface area contributed by atoms with Crippen LogP contribution in [0.1, 0.15) is 16.2 Å². The number of hydrogen-bond acceptors (Lipinski definition) is 3. The highest BCUT2D eigenvalue weighted by atomic mass is 79.9. The fourth-order valence-electron chi connectivity index (χ4n) is 1.99. The minimum Gasteiger partial charge on any atom is -0.476 e. The van der Waals surface area contributed by atoms with Gasteiger partial charge in [-0.3, -0.25) is 0 Å². The van der Waals surface area contributed by atoms with Gasteiger partial charge < -0.3 is 14.2 Å². The Bertz CT molecular complexity index is 760. The number of hydrogen-bond donors (Lipinski definition) is 1. The van der Waals surface area contributed by atoms with Crippen LogP contribution in [0, 0.1) is 0 Å². The third-order valence-corrected chi connectivity index (χ3v) is 3.48. The van der Waals surface area contributed by atoms with Gasteiger partial charge in [0.15, 0.2) is 11.5 Å². The molecule has 0 unspecified atom stereocenters. The Hall–Kier alpha value is -2.08. The fraction of sp³-hybridized carbons (Fsp3) is 0.0769. The first-order valence-electron chi connectivity index (χ1n) is 5.57. The molecule has 0 saturated carbocycles. The van der Waals surface area contributed by atoms with Crippen molar-refractivity contribution in [2.24, 2.45) is 0 Å². The lowest BCUT2D eigenvalue weighted by atomic mass is 10.2. The molecule has 0 fully saturated rings. The molecule has 1 N–H and O–H groups in total. The number of rotatable bonds is 3. The lowest BCUT2D eigenvalue weighted by Crippen LogP contribution is -1.97. The Morgan fingerprint density at radius 3 is 2.95 bits per heavy atom. The zero-order valence-electron chi connectivity index (χ0n) is 9.71. The predicted octanol–water partition coefficient (Wildman–Crippen LogP) is 3.14. The third kappa shape index (κ3) is 2.15. The average molecular weight is 321 g/mol. The first-order valence-corrected chi connectivity index (χ1v) is 6.36. The van der Waals surface area contributed by atoms with Crippen molar-refractivity contribution in [1.29, 1.82) is 0 Å². The third-order valence-electron chi connectivity index (χ3n) is 2.84. The lowest BCUT2D eigenvalue weighted by Gasteiger charge is -2.00. The fourth-order valence-corrected chi connectivity index (χ4v) is 2.57. The van der Waals surface area contributed by atoms with Gasteiger partial charge in [-0.15, -0.1) is 0 Å². The van der Waals surface area contributed by atoms with E-state index in [1.54, 1.807) is 0 Å². The van der Waals surface area contributed by atoms with Crippen LogP contribution in [0.4, 0.5) is 0 Å². The Labute approximate surface area is 116 Å². The number of aromatic carboxylic acids is 1. The number of benzene rings is 1. The summed E-state index contributed by atoms with van der Waals surface area (Å²) in [5.74, 6) is -0.584. The Morgan fingerprint density at radius 2 is 2.21 bits per heavy atom. The second kappa shape index (κ2) is 4.55. The maximum Gasteiger partial charge on any atom is 0.358 e. The Balaban J connectivity index is 1.98. The first kappa shape index (κ1) is 12.0. The average Bonchev–Trinajstić information content (AvgIpc) is 2.97. The number of carboxylic acids is 1. The van der Waals surface area contributed by atoms with E-state index in [2.05, 4.69) is 21.1 Å². The molecule has 1 aromatic carbocycles. The monoisotopic (exact) mass is 320 g/mol. The molecule has 2 aromatic heterocycles. The number of nitrogens with zero attached hydrogens (tertiary/aromatic N) is 2. The van der Waals surface area contributed by atoms with Gasteiger partial charge in [-0.25, -0.2) is 4.79 Å². The zero-order chi connectivity index (χ0) is 13.4. The highest BCUT2D eigenvalue weighted by Crippen LogP contribution is 2.26. The molecule has 0 spiro atoms. The number of fused-ring (bicyclic) bond motifs is 1. The summed E-state index contributed by atoms with van der Waals surface area (Å²) >= 11 is 3.50. The normalized spacial score (nSPS) is 11.0. The van der Waals surface area contributed by atoms with Gasteiger partial charge in [0.2, 0.25) is 0 Å². The molecule has 0 radical (unpaired) electrons. The van der Waals surface area contributed by atoms with E-state index >= 15 is 0 Å². The van der Waals surface area contributed by atoms with Crippen molar-refractivity contribution >= 4 is 32.8 Å². The molecule has 0 aliphatic heterocycles. The highest BCUT2D eigenvalue weighted by molar-refractivity contribution is 9.10. The number of carbonyl (C=O) groups is 1. The van der Waals surface area contributed by atoms with Crippen LogP contribution in [0.3, 0.4) is 0 Å². The summed E-state index contributed by atoms with van der Waals surface area (Å²) in [5.41, 5.74) is 0.966. The van der Waals surface area contributed by atoms with Crippen molar-refractivity contribution in [2.45, 2.75) is 6.54 Å². The smallest absolute Gasteiger partial charge is 0.358 e. The van der Waals surface area contributed by atoms with Crippen molar-refractivity contribution in [3.05, 3.63) is 52.5 Å². The summed E-state index contributed by atoms with van der Waals surface area (Å²) in [5, 5.41) is 13.4. The van der Waals surface area contributed by atoms with Gasteiger partial charge in [-0.05, 0) is 22.0 Å². The summed E-state index contributed by atoms with van der Waals surface area (Å²) in [6.07, 6.45) is 1.94. The standard InChI is InChI=1S/C13H9BrN2O3/c14-10-7-16(12-4-2-1-3-9(10)12)6-8-5-11(13(17)18)15-19-8/h1-5,7H,6H2,(H,17,18). The van der Waals surface area contributed by atoms with Crippen LogP contribution >= 0.6 is 15.9 Å². The summed E-state index contributed by atoms with van der Waals surface area (Å²) < 4.78 is 7.99. The molecule has 0 saturated heterocycles. The molecule has 0 aliphatic rings. The molecule has 3 aromatic rings. The van der Waals surface area contributed by atoms with Crippen molar-refractivity contribution in [3.8, 4) is 0 Å². The lowest BCUT2D eigenvalue weighted by molar-refractivity contribution is 0.0685. The van der Waals surface area contributed by atoms with Crippen LogP contribution in [0.25, 0.3) is 10.9 Å². The highest BCUT2D eigenvalue weighted by Gasteiger charge is 2.12. The molecule has 0 atom stereocenters. The van der Waals surface area contributed by atoms with Gasteiger partial charge in [0, 0.05) is 27.6 Å². The molecule has 0 aliphatic carbocycles. The Morgan fingerprint density at radius 1 is 1.42 bits per heavy atom. The summed E-state index contributed by atoms with van der Waals surface area (Å²) in [7, 11) is 0. The minimum atomic E-state index is -1.09. The molecule has 0 bridgehead atoms. The number of para-hydroxylation sites is 1. The molecule has 6 heteroatoms. The summed E-state index contributed by atoms with van der Waals surface area (Å²) in [4.78, 5) is 10.7. The summed E-state index contributed by atoms with van der Waals surface area (Å²) in [6.45, 7) is 0.437. The second-order valence-corrected chi connectivity index (χ2v) is 4.96. The van der Waals surface area contributed by atoms with Gasteiger partial charge >= 0.3 is 5.97 Å². The maximum atomic E-state index is 10.7. The van der Waals surface area contributed by atoms with Gasteiger partial charge in [-0.1, -0.05) is 23.4 Å². The molecular weight excluding hydrogens is 312 g/mol. The van der Waals surface area contributed by atoms with Gasteiger partial charge in [-0.2, -0.15) is 0 Å². The summed E-state index contributed by atoms with van der Waals surface area (Å²) in [6, 6.07) is 9.36. The van der Waals surface area contributed by atoms with Gasteiger partial charge in [0.05, 0.1) is 6.54 Å². The van der Waals surface area contributed by atoms with Crippen molar-refractivity contribution in [1.82, 2.24) is 9.72 Å². The van der Waals surface area contributed by atoms with E-state index in [9.17, 15) is 4.79 Å². The molecular formula is C13H9BrN2O3. The van der Waals surface area contributed by atoms with Crippen molar-refractivity contribution in [2.75, 3.05) is 0 Å². The van der Waals surface area contributed by atoms with E-state index in [0.29, 0.717) is 12.3 Å². The Kier molecular flexibility index (Phi) is 2.87. The molecule has 2 heterocycles. The van der Waals surface area contributed by atoms with Crippen LogP contribution in [-0.2, 0) is 6.54 Å². The SMILES string of the molecule is O=C(O)c1cc(Cn2cc(Br)c3ccccc32)on1. The molecule has 19 heavy (non-hydrogen) atoms. The van der Waals surface area contributed by atoms with Crippen molar-refractivity contribution in [3.63, 3.8) is 0 Å². The van der Waals surface area contributed by atoms with Crippen LogP contribution in [-0.4, -0.2) is 20.8 Å². The molecule has 96 valence electrons. The van der Waals surface area contributed by atoms with Crippen LogP contribution in [0.5, 0.6) is 0 Å². The van der Waals surface area contributed by atoms with Crippen LogP contribution < -0.4 is 0 Å². The topological polar surface area (TPSA) is 68.3 Å². The van der Waals surface area contributed by atoms with E-state index in [0.717, 1.165) is 15.4 Å².